The average Bonchev–Trinajstić information content (AvgIpc) is 2.83. The molecule has 0 fully saturated rings. The number of para-hydroxylation sites is 1. The summed E-state index contributed by atoms with van der Waals surface area (Å²) in [5.41, 5.74) is 7.43. The van der Waals surface area contributed by atoms with Gasteiger partial charge in [0.1, 0.15) is 6.04 Å². The lowest BCUT2D eigenvalue weighted by Crippen LogP contribution is -2.32. The summed E-state index contributed by atoms with van der Waals surface area (Å²) in [5, 5.41) is 17.7. The van der Waals surface area contributed by atoms with E-state index in [1.54, 1.807) is 0 Å². The summed E-state index contributed by atoms with van der Waals surface area (Å²) in [5.74, 6) is -1.68. The maximum atomic E-state index is 10.6. The molecule has 1 aromatic carbocycles. The van der Waals surface area contributed by atoms with Crippen LogP contribution in [0.3, 0.4) is 0 Å². The van der Waals surface area contributed by atoms with Gasteiger partial charge in [-0.3, -0.25) is 9.59 Å². The summed E-state index contributed by atoms with van der Waals surface area (Å²) in [6.45, 7) is 1.84. The average molecular weight is 329 g/mol. The van der Waals surface area contributed by atoms with E-state index in [2.05, 4.69) is 4.98 Å². The van der Waals surface area contributed by atoms with Gasteiger partial charge in [-0.25, -0.2) is 0 Å². The third-order valence-corrected chi connectivity index (χ3v) is 2.90. The van der Waals surface area contributed by atoms with Crippen LogP contribution < -0.4 is 5.73 Å². The Morgan fingerprint density at radius 2 is 1.91 bits per heavy atom. The molecule has 0 radical (unpaired) electrons. The van der Waals surface area contributed by atoms with Crippen LogP contribution in [0.25, 0.3) is 10.9 Å². The molecule has 6 nitrogen and oxygen atoms in total. The molecule has 0 unspecified atom stereocenters. The Bertz CT molecular complexity index is 612. The quantitative estimate of drug-likeness (QED) is 0.672. The van der Waals surface area contributed by atoms with Gasteiger partial charge in [-0.15, -0.1) is 12.4 Å². The van der Waals surface area contributed by atoms with Crippen molar-refractivity contribution in [3.8, 4) is 0 Å². The topological polar surface area (TPSA) is 116 Å². The minimum atomic E-state index is -0.972. The van der Waals surface area contributed by atoms with Gasteiger partial charge in [-0.2, -0.15) is 0 Å². The molecule has 5 N–H and O–H groups in total. The van der Waals surface area contributed by atoms with Gasteiger partial charge >= 0.3 is 11.9 Å². The van der Waals surface area contributed by atoms with Crippen LogP contribution in [0.4, 0.5) is 0 Å². The van der Waals surface area contributed by atoms with Crippen molar-refractivity contribution in [2.45, 2.75) is 32.2 Å². The minimum absolute atomic E-state index is 0. The van der Waals surface area contributed by atoms with Crippen molar-refractivity contribution < 1.29 is 19.8 Å². The van der Waals surface area contributed by atoms with E-state index in [0.717, 1.165) is 22.9 Å². The zero-order chi connectivity index (χ0) is 15.8. The van der Waals surface area contributed by atoms with Crippen molar-refractivity contribution in [3.63, 3.8) is 0 Å². The number of aliphatic carboxylic acids is 2. The Balaban J connectivity index is 0.000000546. The van der Waals surface area contributed by atoms with Crippen molar-refractivity contribution in [1.29, 1.82) is 0 Å². The highest BCUT2D eigenvalue weighted by Gasteiger charge is 2.14. The largest absolute Gasteiger partial charge is 0.481 e. The molecule has 0 spiro atoms. The van der Waals surface area contributed by atoms with Crippen molar-refractivity contribution >= 4 is 35.2 Å². The van der Waals surface area contributed by atoms with Gasteiger partial charge in [0.15, 0.2) is 0 Å². The van der Waals surface area contributed by atoms with Gasteiger partial charge < -0.3 is 20.9 Å². The van der Waals surface area contributed by atoms with Crippen LogP contribution in [-0.2, 0) is 16.0 Å². The number of nitrogens with two attached hydrogens (primary N) is 1. The number of H-pyrrole nitrogens is 1. The van der Waals surface area contributed by atoms with Gasteiger partial charge in [0.2, 0.25) is 0 Å². The number of carbonyl (C=O) groups is 2. The van der Waals surface area contributed by atoms with Crippen LogP contribution in [-0.4, -0.2) is 33.2 Å². The Morgan fingerprint density at radius 3 is 2.41 bits per heavy atom. The zero-order valence-electron chi connectivity index (χ0n) is 12.3. The van der Waals surface area contributed by atoms with Crippen molar-refractivity contribution in [3.05, 3.63) is 36.0 Å². The third-order valence-electron chi connectivity index (χ3n) is 2.90. The Kier molecular flexibility index (Phi) is 8.89. The first-order chi connectivity index (χ1) is 9.95. The molecule has 2 rings (SSSR count). The summed E-state index contributed by atoms with van der Waals surface area (Å²) in [4.78, 5) is 23.3. The fourth-order valence-corrected chi connectivity index (χ4v) is 1.84. The first kappa shape index (κ1) is 19.9. The molecule has 0 bridgehead atoms. The number of hydrogen-bond acceptors (Lipinski definition) is 3. The van der Waals surface area contributed by atoms with Crippen LogP contribution in [0.2, 0.25) is 0 Å². The Morgan fingerprint density at radius 1 is 1.27 bits per heavy atom. The van der Waals surface area contributed by atoms with E-state index in [1.807, 2.05) is 37.4 Å². The normalized spacial score (nSPS) is 11.0. The maximum Gasteiger partial charge on any atom is 0.320 e. The van der Waals surface area contributed by atoms with E-state index in [-0.39, 0.29) is 12.4 Å². The first-order valence-electron chi connectivity index (χ1n) is 6.70. The minimum Gasteiger partial charge on any atom is -0.481 e. The predicted octanol–water partition coefficient (Wildman–Crippen LogP) is 2.42. The summed E-state index contributed by atoms with van der Waals surface area (Å²) < 4.78 is 0. The van der Waals surface area contributed by atoms with Crippen LogP contribution >= 0.6 is 12.4 Å². The standard InChI is InChI=1S/C11H12N2O2.C4H8O2.ClH/c12-9(11(14)15)5-7-6-13-10-4-2-1-3-8(7)10;1-2-3-4(5)6;/h1-4,6,9,13H,5,12H2,(H,14,15);2-3H2,1H3,(H,5,6);1H/t9-;;/m0../s1. The van der Waals surface area contributed by atoms with Gasteiger partial charge in [-0.05, 0) is 18.1 Å². The van der Waals surface area contributed by atoms with Crippen LogP contribution in [0.5, 0.6) is 0 Å². The monoisotopic (exact) mass is 328 g/mol. The van der Waals surface area contributed by atoms with Gasteiger partial charge in [0.05, 0.1) is 0 Å². The summed E-state index contributed by atoms with van der Waals surface area (Å²) in [6.07, 6.45) is 3.18. The van der Waals surface area contributed by atoms with E-state index in [0.29, 0.717) is 12.8 Å². The number of hydrogen-bond donors (Lipinski definition) is 4. The number of carboxylic acids is 2. The Hall–Kier alpha value is -2.05. The fraction of sp³-hybridized carbons (Fsp3) is 0.333. The van der Waals surface area contributed by atoms with E-state index < -0.39 is 18.0 Å². The molecule has 122 valence electrons. The summed E-state index contributed by atoms with van der Waals surface area (Å²) in [7, 11) is 0. The van der Waals surface area contributed by atoms with Crippen LogP contribution in [0.15, 0.2) is 30.5 Å². The second-order valence-corrected chi connectivity index (χ2v) is 4.65. The highest BCUT2D eigenvalue weighted by molar-refractivity contribution is 5.85. The smallest absolute Gasteiger partial charge is 0.320 e. The van der Waals surface area contributed by atoms with E-state index in [4.69, 9.17) is 15.9 Å². The van der Waals surface area contributed by atoms with Crippen molar-refractivity contribution in [1.82, 2.24) is 4.98 Å². The lowest BCUT2D eigenvalue weighted by molar-refractivity contribution is -0.139. The molecule has 22 heavy (non-hydrogen) atoms. The van der Waals surface area contributed by atoms with E-state index in [9.17, 15) is 9.59 Å². The summed E-state index contributed by atoms with van der Waals surface area (Å²) in [6, 6.07) is 6.91. The van der Waals surface area contributed by atoms with Crippen LogP contribution in [0.1, 0.15) is 25.3 Å². The lowest BCUT2D eigenvalue weighted by Gasteiger charge is -2.04. The highest BCUT2D eigenvalue weighted by Crippen LogP contribution is 2.18. The molecular weight excluding hydrogens is 308 g/mol. The predicted molar refractivity (Wildman–Crippen MR) is 87.4 cm³/mol. The number of aromatic nitrogens is 1. The zero-order valence-corrected chi connectivity index (χ0v) is 13.1. The molecular formula is C15H21ClN2O4. The van der Waals surface area contributed by atoms with Gasteiger partial charge in [0, 0.05) is 29.9 Å². The second-order valence-electron chi connectivity index (χ2n) is 4.65. The molecule has 7 heteroatoms. The fourth-order valence-electron chi connectivity index (χ4n) is 1.84. The number of benzene rings is 1. The van der Waals surface area contributed by atoms with E-state index in [1.165, 1.54) is 0 Å². The molecule has 0 aliphatic carbocycles. The second kappa shape index (κ2) is 9.81. The molecule has 2 aromatic rings. The van der Waals surface area contributed by atoms with Crippen molar-refractivity contribution in [2.24, 2.45) is 5.73 Å². The number of nitrogens with one attached hydrogen (secondary N) is 1. The number of aromatic amines is 1. The molecule has 0 aliphatic rings. The number of carboxylic acid groups (broad SMARTS) is 2. The first-order valence-corrected chi connectivity index (χ1v) is 6.70. The summed E-state index contributed by atoms with van der Waals surface area (Å²) >= 11 is 0. The number of fused-ring (bicyclic) bond motifs is 1. The van der Waals surface area contributed by atoms with Crippen molar-refractivity contribution in [2.75, 3.05) is 0 Å². The van der Waals surface area contributed by atoms with Gasteiger partial charge in [-0.1, -0.05) is 25.1 Å². The highest BCUT2D eigenvalue weighted by atomic mass is 35.5. The molecule has 0 aliphatic heterocycles. The molecule has 1 heterocycles. The van der Waals surface area contributed by atoms with Crippen LogP contribution in [0, 0.1) is 0 Å². The third kappa shape index (κ3) is 6.15. The maximum absolute atomic E-state index is 10.6. The number of halogens is 1. The Labute approximate surface area is 134 Å². The van der Waals surface area contributed by atoms with E-state index >= 15 is 0 Å². The molecule has 0 amide bonds. The molecule has 1 aromatic heterocycles. The lowest BCUT2D eigenvalue weighted by atomic mass is 10.1. The molecule has 1 atom stereocenters. The number of rotatable bonds is 5. The molecule has 0 saturated carbocycles. The van der Waals surface area contributed by atoms with Gasteiger partial charge in [0.25, 0.3) is 0 Å². The SMILES string of the molecule is CCCC(=O)O.Cl.N[C@@H](Cc1c[nH]c2ccccc12)C(=O)O. The molecule has 0 saturated heterocycles.